The van der Waals surface area contributed by atoms with Crippen molar-refractivity contribution in [1.82, 2.24) is 0 Å². The Labute approximate surface area is 632 Å². The number of hydrogen-bond acceptors (Lipinski definition) is 15. The van der Waals surface area contributed by atoms with E-state index in [1.165, 1.54) is 263 Å². The minimum Gasteiger partial charge on any atom is -0.462 e. The Balaban J connectivity index is 5.13. The standard InChI is InChI=1S/C84H164O17P2/c1-6-10-13-16-19-21-23-25-27-29-31-33-35-37-39-41-43-45-47-53-58-63-68-82(87)95-74-80(100-83(88)69-64-59-54-48-46-44-42-40-38-36-34-32-30-28-26-24-22-20-17-14-11-7-2)76-99-103(92,93)97-72-78(85)71-96-102(90,91)98-75-79(73-94-81(86)67-62-57-51-18-15-12-8-3)101-84(89)70-65-60-55-50-49-52-56-61-66-77(5)9-4/h77-80,85H,6-76H2,1-5H3,(H,90,91)(H,92,93)/t77?,78-,79+,80+/m0/s1. The number of ether oxygens (including phenoxy) is 4. The highest BCUT2D eigenvalue weighted by molar-refractivity contribution is 7.47. The molecule has 0 saturated carbocycles. The summed E-state index contributed by atoms with van der Waals surface area (Å²) >= 11 is 0. The molecule has 0 aliphatic heterocycles. The second-order valence-corrected chi connectivity index (χ2v) is 33.4. The third kappa shape index (κ3) is 76.6. The first-order valence-corrected chi connectivity index (χ1v) is 46.7. The highest BCUT2D eigenvalue weighted by Crippen LogP contribution is 2.45. The molecule has 6 atom stereocenters. The van der Waals surface area contributed by atoms with Gasteiger partial charge in [-0.05, 0) is 31.6 Å². The maximum atomic E-state index is 13.1. The molecule has 19 heteroatoms. The van der Waals surface area contributed by atoms with Gasteiger partial charge in [0.25, 0.3) is 0 Å². The molecule has 0 saturated heterocycles. The van der Waals surface area contributed by atoms with Gasteiger partial charge in [0, 0.05) is 25.7 Å². The maximum absolute atomic E-state index is 13.1. The van der Waals surface area contributed by atoms with Crippen molar-refractivity contribution < 1.29 is 80.2 Å². The number of aliphatic hydroxyl groups is 1. The highest BCUT2D eigenvalue weighted by atomic mass is 31.2. The van der Waals surface area contributed by atoms with E-state index < -0.39 is 97.5 Å². The Kier molecular flexibility index (Phi) is 75.4. The van der Waals surface area contributed by atoms with Crippen molar-refractivity contribution in [1.29, 1.82) is 0 Å². The molecular weight excluding hydrogens is 1340 g/mol. The van der Waals surface area contributed by atoms with Crippen LogP contribution in [0, 0.1) is 5.92 Å². The van der Waals surface area contributed by atoms with E-state index in [-0.39, 0.29) is 25.7 Å². The molecule has 3 unspecified atom stereocenters. The fraction of sp³-hybridized carbons (Fsp3) is 0.952. The molecule has 17 nitrogen and oxygen atoms in total. The highest BCUT2D eigenvalue weighted by Gasteiger charge is 2.30. The third-order valence-electron chi connectivity index (χ3n) is 20.1. The molecule has 0 aromatic rings. The smallest absolute Gasteiger partial charge is 0.462 e. The van der Waals surface area contributed by atoms with Crippen LogP contribution in [0.3, 0.4) is 0 Å². The van der Waals surface area contributed by atoms with Crippen LogP contribution in [0.15, 0.2) is 0 Å². The molecule has 0 aromatic heterocycles. The van der Waals surface area contributed by atoms with Crippen molar-refractivity contribution in [3.8, 4) is 0 Å². The van der Waals surface area contributed by atoms with Crippen molar-refractivity contribution in [2.45, 2.75) is 470 Å². The normalized spacial score (nSPS) is 14.1. The topological polar surface area (TPSA) is 237 Å². The Morgan fingerprint density at radius 2 is 0.466 bits per heavy atom. The van der Waals surface area contributed by atoms with Gasteiger partial charge in [-0.15, -0.1) is 0 Å². The van der Waals surface area contributed by atoms with Crippen LogP contribution in [-0.2, 0) is 65.4 Å². The van der Waals surface area contributed by atoms with Crippen LogP contribution in [0.4, 0.5) is 0 Å². The minimum absolute atomic E-state index is 0.105. The summed E-state index contributed by atoms with van der Waals surface area (Å²) in [6.45, 7) is 7.28. The van der Waals surface area contributed by atoms with Crippen LogP contribution in [0.1, 0.15) is 452 Å². The second-order valence-electron chi connectivity index (χ2n) is 30.5. The summed E-state index contributed by atoms with van der Waals surface area (Å²) in [5.74, 6) is -1.34. The fourth-order valence-electron chi connectivity index (χ4n) is 13.1. The Bertz CT molecular complexity index is 1960. The van der Waals surface area contributed by atoms with Gasteiger partial charge in [0.15, 0.2) is 12.2 Å². The van der Waals surface area contributed by atoms with E-state index >= 15 is 0 Å². The van der Waals surface area contributed by atoms with Crippen LogP contribution in [-0.4, -0.2) is 96.7 Å². The Morgan fingerprint density at radius 1 is 0.272 bits per heavy atom. The minimum atomic E-state index is -4.96. The second kappa shape index (κ2) is 76.8. The zero-order valence-electron chi connectivity index (χ0n) is 67.5. The van der Waals surface area contributed by atoms with Crippen LogP contribution >= 0.6 is 15.6 Å². The number of phosphoric acid groups is 2. The van der Waals surface area contributed by atoms with Gasteiger partial charge in [0.05, 0.1) is 26.4 Å². The van der Waals surface area contributed by atoms with E-state index in [4.69, 9.17) is 37.0 Å². The monoisotopic (exact) mass is 1510 g/mol. The lowest BCUT2D eigenvalue weighted by molar-refractivity contribution is -0.161. The van der Waals surface area contributed by atoms with E-state index in [1.54, 1.807) is 0 Å². The molecule has 0 fully saturated rings. The van der Waals surface area contributed by atoms with Crippen molar-refractivity contribution in [3.63, 3.8) is 0 Å². The molecule has 0 aliphatic rings. The van der Waals surface area contributed by atoms with Crippen LogP contribution < -0.4 is 0 Å². The summed E-state index contributed by atoms with van der Waals surface area (Å²) < 4.78 is 68.6. The summed E-state index contributed by atoms with van der Waals surface area (Å²) in [4.78, 5) is 72.9. The fourth-order valence-corrected chi connectivity index (χ4v) is 14.7. The zero-order chi connectivity index (χ0) is 75.5. The molecule has 0 heterocycles. The number of esters is 4. The quantitative estimate of drug-likeness (QED) is 0.0222. The number of carbonyl (C=O) groups is 4. The molecule has 0 bridgehead atoms. The van der Waals surface area contributed by atoms with Gasteiger partial charge in [0.2, 0.25) is 0 Å². The lowest BCUT2D eigenvalue weighted by Crippen LogP contribution is -2.30. The third-order valence-corrected chi connectivity index (χ3v) is 22.0. The summed E-state index contributed by atoms with van der Waals surface area (Å²) in [5, 5.41) is 10.6. The van der Waals surface area contributed by atoms with E-state index in [0.717, 1.165) is 109 Å². The molecule has 0 amide bonds. The van der Waals surface area contributed by atoms with Crippen LogP contribution in [0.25, 0.3) is 0 Å². The molecule has 103 heavy (non-hydrogen) atoms. The maximum Gasteiger partial charge on any atom is 0.472 e. The summed E-state index contributed by atoms with van der Waals surface area (Å²) in [6.07, 6.45) is 69.9. The number of rotatable bonds is 84. The molecule has 0 rings (SSSR count). The summed E-state index contributed by atoms with van der Waals surface area (Å²) in [7, 11) is -9.92. The number of phosphoric ester groups is 2. The SMILES string of the molecule is CCCCCCCCCCCCCCCCCCCCCCCCC(=O)OC[C@H](COP(=O)(O)OC[C@@H](O)COP(=O)(O)OC[C@@H](COC(=O)CCCCCCCCC)OC(=O)CCCCCCCCCCC(C)CC)OC(=O)CCCCCCCCCCCCCCCCCCCCCCCC. The van der Waals surface area contributed by atoms with E-state index in [0.29, 0.717) is 25.7 Å². The lowest BCUT2D eigenvalue weighted by Gasteiger charge is -2.21. The number of aliphatic hydroxyl groups excluding tert-OH is 1. The molecular formula is C84H164O17P2. The van der Waals surface area contributed by atoms with E-state index in [1.807, 2.05) is 0 Å². The molecule has 612 valence electrons. The van der Waals surface area contributed by atoms with Gasteiger partial charge < -0.3 is 33.8 Å². The van der Waals surface area contributed by atoms with Crippen LogP contribution in [0.5, 0.6) is 0 Å². The van der Waals surface area contributed by atoms with Crippen molar-refractivity contribution in [2.24, 2.45) is 5.92 Å². The molecule has 0 aromatic carbocycles. The molecule has 0 aliphatic carbocycles. The lowest BCUT2D eigenvalue weighted by atomic mass is 9.99. The average molecular weight is 1510 g/mol. The van der Waals surface area contributed by atoms with E-state index in [2.05, 4.69) is 34.6 Å². The van der Waals surface area contributed by atoms with Crippen LogP contribution in [0.2, 0.25) is 0 Å². The van der Waals surface area contributed by atoms with Gasteiger partial charge in [-0.2, -0.15) is 0 Å². The van der Waals surface area contributed by atoms with Gasteiger partial charge in [-0.3, -0.25) is 37.3 Å². The van der Waals surface area contributed by atoms with Crippen molar-refractivity contribution >= 4 is 39.5 Å². The van der Waals surface area contributed by atoms with Crippen molar-refractivity contribution in [2.75, 3.05) is 39.6 Å². The number of unbranched alkanes of at least 4 members (excludes halogenated alkanes) is 55. The summed E-state index contributed by atoms with van der Waals surface area (Å²) in [6, 6.07) is 0. The van der Waals surface area contributed by atoms with Gasteiger partial charge in [0.1, 0.15) is 19.3 Å². The van der Waals surface area contributed by atoms with E-state index in [9.17, 15) is 43.2 Å². The first-order valence-electron chi connectivity index (χ1n) is 43.7. The molecule has 0 radical (unpaired) electrons. The Hall–Kier alpha value is -1.94. The number of hydrogen-bond donors (Lipinski definition) is 3. The predicted octanol–water partition coefficient (Wildman–Crippen LogP) is 25.6. The average Bonchev–Trinajstić information content (AvgIpc) is 0.943. The first-order chi connectivity index (χ1) is 50.1. The van der Waals surface area contributed by atoms with Gasteiger partial charge >= 0.3 is 39.5 Å². The Morgan fingerprint density at radius 3 is 0.689 bits per heavy atom. The first kappa shape index (κ1) is 101. The predicted molar refractivity (Wildman–Crippen MR) is 423 cm³/mol. The molecule has 0 spiro atoms. The van der Waals surface area contributed by atoms with Crippen molar-refractivity contribution in [3.05, 3.63) is 0 Å². The van der Waals surface area contributed by atoms with Gasteiger partial charge in [-0.1, -0.05) is 401 Å². The summed E-state index contributed by atoms with van der Waals surface area (Å²) in [5.41, 5.74) is 0. The zero-order valence-corrected chi connectivity index (χ0v) is 69.3. The number of carbonyl (C=O) groups excluding carboxylic acids is 4. The largest absolute Gasteiger partial charge is 0.472 e. The molecule has 3 N–H and O–H groups in total. The van der Waals surface area contributed by atoms with Gasteiger partial charge in [-0.25, -0.2) is 9.13 Å².